The summed E-state index contributed by atoms with van der Waals surface area (Å²) in [6.45, 7) is 5.15. The van der Waals surface area contributed by atoms with E-state index in [0.29, 0.717) is 30.2 Å². The quantitative estimate of drug-likeness (QED) is 0.153. The van der Waals surface area contributed by atoms with E-state index in [0.717, 1.165) is 35.4 Å². The van der Waals surface area contributed by atoms with Crippen molar-refractivity contribution < 1.29 is 18.0 Å². The smallest absolute Gasteiger partial charge is 0.351 e. The third-order valence-electron chi connectivity index (χ3n) is 7.66. The third kappa shape index (κ3) is 9.80. The fraction of sp³-hybridized carbons (Fsp3) is 0.294. The van der Waals surface area contributed by atoms with E-state index in [1.54, 1.807) is 36.8 Å². The number of benzene rings is 3. The van der Waals surface area contributed by atoms with Crippen LogP contribution in [-0.2, 0) is 30.5 Å². The monoisotopic (exact) mass is 666 g/mol. The molecule has 4 aromatic rings. The highest BCUT2D eigenvalue weighted by Gasteiger charge is 2.31. The van der Waals surface area contributed by atoms with Gasteiger partial charge in [-0.2, -0.15) is 18.4 Å². The van der Waals surface area contributed by atoms with Crippen LogP contribution in [0, 0.1) is 17.2 Å². The number of nitrogens with one attached hydrogen (secondary N) is 2. The van der Waals surface area contributed by atoms with Gasteiger partial charge in [-0.3, -0.25) is 4.79 Å². The molecule has 7 nitrogen and oxygen atoms in total. The predicted octanol–water partition coefficient (Wildman–Crippen LogP) is 7.45. The molecular formula is C34H34ClF3N6OS. The third-order valence-corrected chi connectivity index (χ3v) is 8.26. The van der Waals surface area contributed by atoms with Gasteiger partial charge in [-0.1, -0.05) is 62.2 Å². The number of imidazole rings is 1. The minimum Gasteiger partial charge on any atom is -0.351 e. The molecule has 12 heteroatoms. The second-order valence-corrected chi connectivity index (χ2v) is 11.9. The van der Waals surface area contributed by atoms with Crippen molar-refractivity contribution in [2.24, 2.45) is 5.92 Å². The highest BCUT2D eigenvalue weighted by Crippen LogP contribution is 2.31. The van der Waals surface area contributed by atoms with Crippen molar-refractivity contribution in [3.63, 3.8) is 0 Å². The molecule has 46 heavy (non-hydrogen) atoms. The Morgan fingerprint density at radius 2 is 1.85 bits per heavy atom. The minimum atomic E-state index is -4.50. The van der Waals surface area contributed by atoms with E-state index < -0.39 is 11.7 Å². The molecule has 0 bridgehead atoms. The highest BCUT2D eigenvalue weighted by molar-refractivity contribution is 7.80. The van der Waals surface area contributed by atoms with E-state index in [9.17, 15) is 18.0 Å². The summed E-state index contributed by atoms with van der Waals surface area (Å²) < 4.78 is 42.0. The molecule has 2 atom stereocenters. The van der Waals surface area contributed by atoms with Crippen molar-refractivity contribution in [2.75, 3.05) is 11.9 Å². The number of nitriles is 1. The summed E-state index contributed by atoms with van der Waals surface area (Å²) in [5.41, 5.74) is 2.53. The van der Waals surface area contributed by atoms with Gasteiger partial charge in [0.25, 0.3) is 0 Å². The lowest BCUT2D eigenvalue weighted by atomic mass is 9.98. The first-order chi connectivity index (χ1) is 21.9. The van der Waals surface area contributed by atoms with Gasteiger partial charge >= 0.3 is 6.18 Å². The molecule has 4 rings (SSSR count). The average molecular weight is 667 g/mol. The molecular weight excluding hydrogens is 633 g/mol. The maximum Gasteiger partial charge on any atom is 0.416 e. The summed E-state index contributed by atoms with van der Waals surface area (Å²) in [7, 11) is 0. The zero-order valence-electron chi connectivity index (χ0n) is 25.4. The molecule has 0 saturated carbocycles. The Morgan fingerprint density at radius 3 is 2.52 bits per heavy atom. The van der Waals surface area contributed by atoms with Crippen LogP contribution in [0.25, 0.3) is 0 Å². The molecule has 0 radical (unpaired) electrons. The zero-order valence-corrected chi connectivity index (χ0v) is 27.0. The van der Waals surface area contributed by atoms with Crippen molar-refractivity contribution in [1.82, 2.24) is 19.8 Å². The molecule has 3 aromatic carbocycles. The summed E-state index contributed by atoms with van der Waals surface area (Å²) in [6.07, 6.45) is -0.327. The number of carbonyl (C=O) groups excluding carboxylic acids is 1. The maximum atomic E-state index is 13.4. The number of thiocarbonyl (C=S) groups is 1. The van der Waals surface area contributed by atoms with Crippen molar-refractivity contribution in [1.29, 1.82) is 5.26 Å². The van der Waals surface area contributed by atoms with Gasteiger partial charge in [0.05, 0.1) is 29.9 Å². The average Bonchev–Trinajstić information content (AvgIpc) is 3.45. The number of hydrogen-bond acceptors (Lipinski definition) is 4. The van der Waals surface area contributed by atoms with Crippen LogP contribution in [0.4, 0.5) is 18.9 Å². The van der Waals surface area contributed by atoms with Gasteiger partial charge in [-0.25, -0.2) is 4.98 Å². The van der Waals surface area contributed by atoms with Crippen LogP contribution in [0.15, 0.2) is 85.3 Å². The lowest BCUT2D eigenvalue weighted by molar-refractivity contribution is -0.137. The minimum absolute atomic E-state index is 0.0470. The molecule has 0 aliphatic carbocycles. The molecule has 0 unspecified atom stereocenters. The van der Waals surface area contributed by atoms with Gasteiger partial charge in [0.2, 0.25) is 5.91 Å². The topological polar surface area (TPSA) is 86.0 Å². The molecule has 1 heterocycles. The number of nitrogens with zero attached hydrogens (tertiary/aromatic N) is 4. The summed E-state index contributed by atoms with van der Waals surface area (Å²) in [6, 6.07) is 21.1. The molecule has 0 saturated heterocycles. The van der Waals surface area contributed by atoms with Crippen molar-refractivity contribution >= 4 is 40.5 Å². The van der Waals surface area contributed by atoms with Crippen LogP contribution < -0.4 is 10.6 Å². The predicted molar refractivity (Wildman–Crippen MR) is 177 cm³/mol. The Labute approximate surface area is 277 Å². The van der Waals surface area contributed by atoms with E-state index >= 15 is 0 Å². The van der Waals surface area contributed by atoms with E-state index in [4.69, 9.17) is 29.1 Å². The van der Waals surface area contributed by atoms with Crippen LogP contribution >= 0.6 is 23.8 Å². The highest BCUT2D eigenvalue weighted by atomic mass is 35.5. The number of hydrogen-bond donors (Lipinski definition) is 2. The molecule has 0 spiro atoms. The van der Waals surface area contributed by atoms with Crippen LogP contribution in [0.2, 0.25) is 5.02 Å². The second-order valence-electron chi connectivity index (χ2n) is 11.1. The van der Waals surface area contributed by atoms with Crippen molar-refractivity contribution in [2.45, 2.75) is 52.0 Å². The Kier molecular flexibility index (Phi) is 11.8. The van der Waals surface area contributed by atoms with Crippen molar-refractivity contribution in [3.8, 4) is 6.07 Å². The van der Waals surface area contributed by atoms with Gasteiger partial charge in [-0.05, 0) is 71.7 Å². The normalized spacial score (nSPS) is 12.5. The number of carbonyl (C=O) groups is 1. The number of aromatic nitrogens is 2. The maximum absolute atomic E-state index is 13.4. The number of anilines is 1. The number of alkyl halides is 3. The molecule has 1 amide bonds. The summed E-state index contributed by atoms with van der Waals surface area (Å²) in [5.74, 6) is -0.155. The number of halogens is 4. The fourth-order valence-corrected chi connectivity index (χ4v) is 5.35. The first-order valence-corrected chi connectivity index (χ1v) is 15.5. The standard InChI is InChI=1S/C34H34ClF3N6OS/c1-3-23(2)31(42-32(45)16-30-18-40-22-44(30)19-25-12-10-24(17-39)11-13-25)21-43(20-26-6-4-8-28(35)14-26)33(46)41-29-9-5-7-27(15-29)34(36,37)38/h4-15,18,22-23,31H,3,16,19-21H2,1-2H3,(H,41,46)(H,42,45)/t23-,31+/m0/s1. The van der Waals surface area contributed by atoms with Crippen LogP contribution in [0.1, 0.15) is 48.2 Å². The Morgan fingerprint density at radius 1 is 1.11 bits per heavy atom. The summed E-state index contributed by atoms with van der Waals surface area (Å²) in [4.78, 5) is 19.5. The molecule has 0 fully saturated rings. The van der Waals surface area contributed by atoms with Gasteiger partial charge in [-0.15, -0.1) is 0 Å². The largest absolute Gasteiger partial charge is 0.416 e. The van der Waals surface area contributed by atoms with E-state index in [1.807, 2.05) is 47.6 Å². The van der Waals surface area contributed by atoms with Crippen LogP contribution in [0.5, 0.6) is 0 Å². The molecule has 240 valence electrons. The van der Waals surface area contributed by atoms with Gasteiger partial charge in [0.1, 0.15) is 0 Å². The first-order valence-electron chi connectivity index (χ1n) is 14.7. The van der Waals surface area contributed by atoms with Gasteiger partial charge in [0.15, 0.2) is 5.11 Å². The molecule has 1 aromatic heterocycles. The lowest BCUT2D eigenvalue weighted by Crippen LogP contribution is -2.50. The first kappa shape index (κ1) is 34.5. The number of amides is 1. The van der Waals surface area contributed by atoms with Gasteiger partial charge < -0.3 is 20.1 Å². The number of rotatable bonds is 12. The Balaban J connectivity index is 1.51. The molecule has 0 aliphatic rings. The van der Waals surface area contributed by atoms with E-state index in [2.05, 4.69) is 21.7 Å². The van der Waals surface area contributed by atoms with Crippen LogP contribution in [0.3, 0.4) is 0 Å². The van der Waals surface area contributed by atoms with E-state index in [-0.39, 0.29) is 35.1 Å². The van der Waals surface area contributed by atoms with E-state index in [1.165, 1.54) is 12.1 Å². The Hall–Kier alpha value is -4.40. The lowest BCUT2D eigenvalue weighted by Gasteiger charge is -2.33. The van der Waals surface area contributed by atoms with Crippen LogP contribution in [-0.4, -0.2) is 38.1 Å². The second kappa shape index (κ2) is 15.7. The summed E-state index contributed by atoms with van der Waals surface area (Å²) >= 11 is 12.0. The van der Waals surface area contributed by atoms with Crippen molar-refractivity contribution in [3.05, 3.63) is 118 Å². The fourth-order valence-electron chi connectivity index (χ4n) is 4.88. The SMILES string of the molecule is CC[C@H](C)[C@@H](CN(Cc1cccc(Cl)c1)C(=S)Nc1cccc(C(F)(F)F)c1)NC(=O)Cc1cncn1Cc1ccc(C#N)cc1. The van der Waals surface area contributed by atoms with Gasteiger partial charge in [0, 0.05) is 48.3 Å². The zero-order chi connectivity index (χ0) is 33.3. The molecule has 2 N–H and O–H groups in total. The summed E-state index contributed by atoms with van der Waals surface area (Å²) in [5, 5.41) is 15.9. The Bertz CT molecular complexity index is 1690. The molecule has 0 aliphatic heterocycles.